The predicted molar refractivity (Wildman–Crippen MR) is 62.7 cm³/mol. The summed E-state index contributed by atoms with van der Waals surface area (Å²) in [5, 5.41) is 2.78. The van der Waals surface area contributed by atoms with Crippen LogP contribution in [0, 0.1) is 0 Å². The number of amides is 1. The highest BCUT2D eigenvalue weighted by Gasteiger charge is 2.10. The van der Waals surface area contributed by atoms with Crippen molar-refractivity contribution < 1.29 is 4.79 Å². The first-order valence-electron chi connectivity index (χ1n) is 5.32. The van der Waals surface area contributed by atoms with Gasteiger partial charge in [-0.2, -0.15) is 0 Å². The average Bonchev–Trinajstić information content (AvgIpc) is 2.29. The Morgan fingerprint density at radius 1 is 1.33 bits per heavy atom. The molecule has 1 unspecified atom stereocenters. The first-order chi connectivity index (χ1) is 7.17. The highest BCUT2D eigenvalue weighted by Crippen LogP contribution is 2.10. The summed E-state index contributed by atoms with van der Waals surface area (Å²) in [4.78, 5) is 11.5. The Morgan fingerprint density at radius 2 is 1.93 bits per heavy atom. The molecule has 1 aromatic carbocycles. The number of nitrogens with one attached hydrogen (secondary N) is 1. The molecule has 0 aliphatic heterocycles. The van der Waals surface area contributed by atoms with E-state index in [0.29, 0.717) is 6.42 Å². The zero-order valence-electron chi connectivity index (χ0n) is 9.29. The summed E-state index contributed by atoms with van der Waals surface area (Å²) in [5.41, 5.74) is 7.67. The smallest absolute Gasteiger partial charge is 0.241 e. The van der Waals surface area contributed by atoms with Crippen molar-refractivity contribution in [2.24, 2.45) is 5.73 Å². The molecule has 0 fully saturated rings. The van der Waals surface area contributed by atoms with Crippen molar-refractivity contribution in [1.29, 1.82) is 0 Å². The van der Waals surface area contributed by atoms with E-state index < -0.39 is 6.04 Å². The number of carbonyl (C=O) groups is 1. The van der Waals surface area contributed by atoms with Crippen molar-refractivity contribution in [3.63, 3.8) is 0 Å². The fourth-order valence-electron chi connectivity index (χ4n) is 1.24. The number of hydrogen-bond donors (Lipinski definition) is 2. The molecule has 15 heavy (non-hydrogen) atoms. The van der Waals surface area contributed by atoms with Crippen LogP contribution in [0.25, 0.3) is 0 Å². The number of aryl methyl sites for hydroxylation is 1. The van der Waals surface area contributed by atoms with Gasteiger partial charge in [0.25, 0.3) is 0 Å². The van der Waals surface area contributed by atoms with Gasteiger partial charge in [-0.15, -0.1) is 0 Å². The van der Waals surface area contributed by atoms with Gasteiger partial charge in [-0.25, -0.2) is 0 Å². The molecule has 0 aliphatic rings. The Kier molecular flexibility index (Phi) is 4.31. The molecule has 1 aromatic rings. The van der Waals surface area contributed by atoms with E-state index >= 15 is 0 Å². The summed E-state index contributed by atoms with van der Waals surface area (Å²) in [6, 6.07) is 7.40. The summed E-state index contributed by atoms with van der Waals surface area (Å²) in [6.07, 6.45) is 1.65. The lowest BCUT2D eigenvalue weighted by atomic mass is 10.1. The van der Waals surface area contributed by atoms with Gasteiger partial charge in [0.05, 0.1) is 6.04 Å². The minimum Gasteiger partial charge on any atom is -0.325 e. The standard InChI is InChI=1S/C12H18N2O/c1-3-9-5-7-10(8-6-9)14-12(15)11(13)4-2/h5-8,11H,3-4,13H2,1-2H3,(H,14,15). The lowest BCUT2D eigenvalue weighted by molar-refractivity contribution is -0.117. The molecule has 1 amide bonds. The molecule has 0 aromatic heterocycles. The number of rotatable bonds is 4. The van der Waals surface area contributed by atoms with E-state index in [1.54, 1.807) is 0 Å². The highest BCUT2D eigenvalue weighted by molar-refractivity contribution is 5.94. The van der Waals surface area contributed by atoms with Crippen LogP contribution in [-0.2, 0) is 11.2 Å². The number of carbonyl (C=O) groups excluding carboxylic acids is 1. The van der Waals surface area contributed by atoms with Crippen LogP contribution in [0.3, 0.4) is 0 Å². The number of anilines is 1. The maximum atomic E-state index is 11.5. The molecule has 0 bridgehead atoms. The Labute approximate surface area is 90.7 Å². The molecular weight excluding hydrogens is 188 g/mol. The maximum Gasteiger partial charge on any atom is 0.241 e. The van der Waals surface area contributed by atoms with Crippen LogP contribution in [0.4, 0.5) is 5.69 Å². The summed E-state index contributed by atoms with van der Waals surface area (Å²) < 4.78 is 0. The second kappa shape index (κ2) is 5.51. The maximum absolute atomic E-state index is 11.5. The molecule has 0 spiro atoms. The SMILES string of the molecule is CCc1ccc(NC(=O)C(N)CC)cc1. The summed E-state index contributed by atoms with van der Waals surface area (Å²) in [6.45, 7) is 3.99. The van der Waals surface area contributed by atoms with Crippen molar-refractivity contribution >= 4 is 11.6 Å². The third-order valence-electron chi connectivity index (χ3n) is 2.41. The largest absolute Gasteiger partial charge is 0.325 e. The van der Waals surface area contributed by atoms with Crippen molar-refractivity contribution in [3.05, 3.63) is 29.8 Å². The van der Waals surface area contributed by atoms with Crippen molar-refractivity contribution in [1.82, 2.24) is 0 Å². The van der Waals surface area contributed by atoms with Gasteiger partial charge < -0.3 is 11.1 Å². The van der Waals surface area contributed by atoms with Gasteiger partial charge in [0, 0.05) is 5.69 Å². The van der Waals surface area contributed by atoms with Gasteiger partial charge in [-0.1, -0.05) is 26.0 Å². The van der Waals surface area contributed by atoms with Crippen LogP contribution >= 0.6 is 0 Å². The highest BCUT2D eigenvalue weighted by atomic mass is 16.2. The van der Waals surface area contributed by atoms with Gasteiger partial charge in [0.1, 0.15) is 0 Å². The molecule has 0 heterocycles. The van der Waals surface area contributed by atoms with Crippen LogP contribution in [0.5, 0.6) is 0 Å². The molecule has 1 rings (SSSR count). The fourth-order valence-corrected chi connectivity index (χ4v) is 1.24. The van der Waals surface area contributed by atoms with E-state index in [2.05, 4.69) is 12.2 Å². The Balaban J connectivity index is 2.61. The van der Waals surface area contributed by atoms with Crippen molar-refractivity contribution in [3.8, 4) is 0 Å². The van der Waals surface area contributed by atoms with Crippen LogP contribution < -0.4 is 11.1 Å². The zero-order valence-corrected chi connectivity index (χ0v) is 9.29. The van der Waals surface area contributed by atoms with Crippen LogP contribution in [0.1, 0.15) is 25.8 Å². The average molecular weight is 206 g/mol. The van der Waals surface area contributed by atoms with Gasteiger partial charge >= 0.3 is 0 Å². The molecule has 3 heteroatoms. The Hall–Kier alpha value is -1.35. The van der Waals surface area contributed by atoms with E-state index in [1.807, 2.05) is 31.2 Å². The first kappa shape index (κ1) is 11.7. The van der Waals surface area contributed by atoms with Crippen molar-refractivity contribution in [2.45, 2.75) is 32.7 Å². The van der Waals surface area contributed by atoms with Crippen molar-refractivity contribution in [2.75, 3.05) is 5.32 Å². The Morgan fingerprint density at radius 3 is 2.40 bits per heavy atom. The second-order valence-electron chi connectivity index (χ2n) is 3.55. The third kappa shape index (κ3) is 3.36. The molecule has 0 saturated heterocycles. The van der Waals surface area contributed by atoms with Gasteiger partial charge in [0.2, 0.25) is 5.91 Å². The lowest BCUT2D eigenvalue weighted by Crippen LogP contribution is -2.34. The van der Waals surface area contributed by atoms with Crippen LogP contribution in [0.15, 0.2) is 24.3 Å². The van der Waals surface area contributed by atoms with Crippen LogP contribution in [-0.4, -0.2) is 11.9 Å². The minimum atomic E-state index is -0.421. The van der Waals surface area contributed by atoms with E-state index in [0.717, 1.165) is 12.1 Å². The molecule has 3 N–H and O–H groups in total. The predicted octanol–water partition coefficient (Wildman–Crippen LogP) is 1.92. The van der Waals surface area contributed by atoms with E-state index in [-0.39, 0.29) is 5.91 Å². The summed E-state index contributed by atoms with van der Waals surface area (Å²) in [5.74, 6) is -0.123. The molecule has 82 valence electrons. The minimum absolute atomic E-state index is 0.123. The third-order valence-corrected chi connectivity index (χ3v) is 2.41. The second-order valence-corrected chi connectivity index (χ2v) is 3.55. The first-order valence-corrected chi connectivity index (χ1v) is 5.32. The molecule has 3 nitrogen and oxygen atoms in total. The zero-order chi connectivity index (χ0) is 11.3. The summed E-state index contributed by atoms with van der Waals surface area (Å²) >= 11 is 0. The number of nitrogens with two attached hydrogens (primary N) is 1. The van der Waals surface area contributed by atoms with E-state index in [1.165, 1.54) is 5.56 Å². The number of hydrogen-bond acceptors (Lipinski definition) is 2. The van der Waals surface area contributed by atoms with Gasteiger partial charge in [-0.3, -0.25) is 4.79 Å². The quantitative estimate of drug-likeness (QED) is 0.790. The normalized spacial score (nSPS) is 12.2. The molecule has 1 atom stereocenters. The van der Waals surface area contributed by atoms with Gasteiger partial charge in [0.15, 0.2) is 0 Å². The molecule has 0 aliphatic carbocycles. The van der Waals surface area contributed by atoms with E-state index in [9.17, 15) is 4.79 Å². The van der Waals surface area contributed by atoms with Gasteiger partial charge in [-0.05, 0) is 30.5 Å². The lowest BCUT2D eigenvalue weighted by Gasteiger charge is -2.10. The molecule has 0 saturated carbocycles. The monoisotopic (exact) mass is 206 g/mol. The Bertz CT molecular complexity index is 319. The number of benzene rings is 1. The fraction of sp³-hybridized carbons (Fsp3) is 0.417. The molecular formula is C12H18N2O. The van der Waals surface area contributed by atoms with E-state index in [4.69, 9.17) is 5.73 Å². The van der Waals surface area contributed by atoms with Crippen LogP contribution in [0.2, 0.25) is 0 Å². The summed E-state index contributed by atoms with van der Waals surface area (Å²) in [7, 11) is 0. The molecule has 0 radical (unpaired) electrons. The topological polar surface area (TPSA) is 55.1 Å².